The molecule has 0 fully saturated rings. The van der Waals surface area contributed by atoms with E-state index in [4.69, 9.17) is 19.9 Å². The number of nitrogens with two attached hydrogens (primary N) is 1. The maximum absolute atomic E-state index is 5.67. The van der Waals surface area contributed by atoms with Gasteiger partial charge in [0.05, 0.1) is 13.7 Å². The summed E-state index contributed by atoms with van der Waals surface area (Å²) in [5.41, 5.74) is 6.69. The fourth-order valence-electron chi connectivity index (χ4n) is 1.54. The highest BCUT2D eigenvalue weighted by atomic mass is 16.5. The number of ether oxygens (including phenoxy) is 3. The third-order valence-electron chi connectivity index (χ3n) is 2.41. The Kier molecular flexibility index (Phi) is 12.0. The summed E-state index contributed by atoms with van der Waals surface area (Å²) in [6.45, 7) is 6.20. The first-order valence-electron chi connectivity index (χ1n) is 7.22. The zero-order valence-corrected chi connectivity index (χ0v) is 13.3. The summed E-state index contributed by atoms with van der Waals surface area (Å²) < 4.78 is 15.9. The summed E-state index contributed by atoms with van der Waals surface area (Å²) in [5.74, 6) is 1.53. The second-order valence-electron chi connectivity index (χ2n) is 4.43. The van der Waals surface area contributed by atoms with E-state index in [0.29, 0.717) is 19.8 Å². The Morgan fingerprint density at radius 2 is 1.75 bits per heavy atom. The van der Waals surface area contributed by atoms with Crippen LogP contribution >= 0.6 is 0 Å². The largest absolute Gasteiger partial charge is 0.493 e. The van der Waals surface area contributed by atoms with Crippen molar-refractivity contribution in [2.45, 2.75) is 33.1 Å². The molecule has 4 nitrogen and oxygen atoms in total. The minimum atomic E-state index is 0.621. The molecule has 0 aliphatic carbocycles. The molecule has 0 amide bonds. The van der Waals surface area contributed by atoms with Crippen LogP contribution in [0.2, 0.25) is 0 Å². The lowest BCUT2D eigenvalue weighted by molar-refractivity contribution is 0.170. The summed E-state index contributed by atoms with van der Waals surface area (Å²) in [5, 5.41) is 0. The molecule has 0 unspecified atom stereocenters. The zero-order valence-electron chi connectivity index (χ0n) is 13.3. The first-order valence-corrected chi connectivity index (χ1v) is 7.22. The molecule has 1 aromatic rings. The average Bonchev–Trinajstić information content (AvgIpc) is 2.45. The van der Waals surface area contributed by atoms with Crippen LogP contribution in [0.25, 0.3) is 0 Å². The molecule has 0 aliphatic rings. The maximum Gasteiger partial charge on any atom is 0.161 e. The predicted molar refractivity (Wildman–Crippen MR) is 83.7 cm³/mol. The van der Waals surface area contributed by atoms with E-state index in [9.17, 15) is 0 Å². The normalized spacial score (nSPS) is 9.65. The van der Waals surface area contributed by atoms with Gasteiger partial charge in [-0.1, -0.05) is 26.3 Å². The van der Waals surface area contributed by atoms with Gasteiger partial charge in [-0.15, -0.1) is 0 Å². The van der Waals surface area contributed by atoms with Crippen LogP contribution in [0.15, 0.2) is 18.2 Å². The van der Waals surface area contributed by atoms with E-state index < -0.39 is 0 Å². The molecule has 1 rings (SSSR count). The number of hydrogen-bond donors (Lipinski definition) is 1. The Hall–Kier alpha value is -1.26. The highest BCUT2D eigenvalue weighted by Gasteiger charge is 2.05. The topological polar surface area (TPSA) is 53.7 Å². The molecule has 0 bridgehead atoms. The molecule has 0 saturated carbocycles. The van der Waals surface area contributed by atoms with Gasteiger partial charge in [-0.05, 0) is 30.7 Å². The number of benzene rings is 1. The van der Waals surface area contributed by atoms with E-state index >= 15 is 0 Å². The average molecular weight is 283 g/mol. The lowest BCUT2D eigenvalue weighted by Crippen LogP contribution is -2.05. The standard InChI is InChI=1S/C13H21NO3.C3H8/c1-15-8-3-9-17-13-10-11(6-7-14)4-5-12(13)16-2;1-3-2/h4-5,10H,3,6-9,14H2,1-2H3;3H2,1-2H3. The van der Waals surface area contributed by atoms with Gasteiger partial charge in [0.15, 0.2) is 11.5 Å². The molecular formula is C16H29NO3. The molecule has 0 radical (unpaired) electrons. The highest BCUT2D eigenvalue weighted by Crippen LogP contribution is 2.28. The number of methoxy groups -OCH3 is 2. The van der Waals surface area contributed by atoms with Crippen LogP contribution in [-0.2, 0) is 11.2 Å². The van der Waals surface area contributed by atoms with Crippen LogP contribution in [0, 0.1) is 0 Å². The van der Waals surface area contributed by atoms with Crippen molar-refractivity contribution in [3.8, 4) is 11.5 Å². The molecular weight excluding hydrogens is 254 g/mol. The van der Waals surface area contributed by atoms with Crippen molar-refractivity contribution in [2.75, 3.05) is 34.0 Å². The Balaban J connectivity index is 0.00000110. The number of hydrogen-bond acceptors (Lipinski definition) is 4. The Bertz CT molecular complexity index is 342. The smallest absolute Gasteiger partial charge is 0.161 e. The van der Waals surface area contributed by atoms with Crippen LogP contribution < -0.4 is 15.2 Å². The summed E-state index contributed by atoms with van der Waals surface area (Å²) in [4.78, 5) is 0. The van der Waals surface area contributed by atoms with Gasteiger partial charge in [-0.25, -0.2) is 0 Å². The number of rotatable bonds is 8. The molecule has 0 saturated heterocycles. The SMILES string of the molecule is CCC.COCCCOc1cc(CCN)ccc1OC. The fraction of sp³-hybridized carbons (Fsp3) is 0.625. The monoisotopic (exact) mass is 283 g/mol. The molecule has 1 aromatic carbocycles. The quantitative estimate of drug-likeness (QED) is 0.745. The van der Waals surface area contributed by atoms with Gasteiger partial charge in [0.1, 0.15) is 0 Å². The van der Waals surface area contributed by atoms with Crippen molar-refractivity contribution in [3.05, 3.63) is 23.8 Å². The zero-order chi connectivity index (χ0) is 15.2. The molecule has 2 N–H and O–H groups in total. The van der Waals surface area contributed by atoms with E-state index in [0.717, 1.165) is 29.9 Å². The minimum absolute atomic E-state index is 0.621. The first kappa shape index (κ1) is 18.7. The lowest BCUT2D eigenvalue weighted by atomic mass is 10.1. The third-order valence-corrected chi connectivity index (χ3v) is 2.41. The van der Waals surface area contributed by atoms with Crippen molar-refractivity contribution in [3.63, 3.8) is 0 Å². The summed E-state index contributed by atoms with van der Waals surface area (Å²) >= 11 is 0. The van der Waals surface area contributed by atoms with Gasteiger partial charge in [0.25, 0.3) is 0 Å². The predicted octanol–water partition coefficient (Wildman–Crippen LogP) is 3.03. The van der Waals surface area contributed by atoms with Crippen LogP contribution in [0.3, 0.4) is 0 Å². The molecule has 0 heterocycles. The lowest BCUT2D eigenvalue weighted by Gasteiger charge is -2.12. The fourth-order valence-corrected chi connectivity index (χ4v) is 1.54. The van der Waals surface area contributed by atoms with Gasteiger partial charge in [0, 0.05) is 20.1 Å². The van der Waals surface area contributed by atoms with Gasteiger partial charge in [-0.3, -0.25) is 0 Å². The van der Waals surface area contributed by atoms with Crippen LogP contribution in [0.5, 0.6) is 11.5 Å². The Labute approximate surface area is 123 Å². The maximum atomic E-state index is 5.67. The molecule has 0 atom stereocenters. The summed E-state index contributed by atoms with van der Waals surface area (Å²) in [7, 11) is 3.32. The molecule has 0 spiro atoms. The second-order valence-corrected chi connectivity index (χ2v) is 4.43. The summed E-state index contributed by atoms with van der Waals surface area (Å²) in [6.07, 6.45) is 2.96. The van der Waals surface area contributed by atoms with Crippen molar-refractivity contribution >= 4 is 0 Å². The van der Waals surface area contributed by atoms with E-state index in [-0.39, 0.29) is 0 Å². The third kappa shape index (κ3) is 8.02. The molecule has 0 aromatic heterocycles. The van der Waals surface area contributed by atoms with E-state index in [1.54, 1.807) is 14.2 Å². The van der Waals surface area contributed by atoms with Gasteiger partial charge in [-0.2, -0.15) is 0 Å². The second kappa shape index (κ2) is 12.8. The Morgan fingerprint density at radius 3 is 2.30 bits per heavy atom. The molecule has 116 valence electrons. The van der Waals surface area contributed by atoms with Crippen LogP contribution in [0.4, 0.5) is 0 Å². The summed E-state index contributed by atoms with van der Waals surface area (Å²) in [6, 6.07) is 5.91. The van der Waals surface area contributed by atoms with Crippen molar-refractivity contribution in [1.82, 2.24) is 0 Å². The van der Waals surface area contributed by atoms with E-state index in [1.807, 2.05) is 18.2 Å². The van der Waals surface area contributed by atoms with Gasteiger partial charge < -0.3 is 19.9 Å². The molecule has 4 heteroatoms. The first-order chi connectivity index (χ1) is 9.73. The molecule has 0 aliphatic heterocycles. The van der Waals surface area contributed by atoms with E-state index in [2.05, 4.69) is 13.8 Å². The van der Waals surface area contributed by atoms with E-state index in [1.165, 1.54) is 6.42 Å². The van der Waals surface area contributed by atoms with Crippen molar-refractivity contribution in [2.24, 2.45) is 5.73 Å². The minimum Gasteiger partial charge on any atom is -0.493 e. The Morgan fingerprint density at radius 1 is 1.05 bits per heavy atom. The van der Waals surface area contributed by atoms with Crippen LogP contribution in [0.1, 0.15) is 32.3 Å². The van der Waals surface area contributed by atoms with Crippen LogP contribution in [-0.4, -0.2) is 34.0 Å². The van der Waals surface area contributed by atoms with Crippen molar-refractivity contribution < 1.29 is 14.2 Å². The highest BCUT2D eigenvalue weighted by molar-refractivity contribution is 5.43. The van der Waals surface area contributed by atoms with Gasteiger partial charge in [0.2, 0.25) is 0 Å². The van der Waals surface area contributed by atoms with Gasteiger partial charge >= 0.3 is 0 Å². The van der Waals surface area contributed by atoms with Crippen molar-refractivity contribution in [1.29, 1.82) is 0 Å². The molecule has 20 heavy (non-hydrogen) atoms.